The lowest BCUT2D eigenvalue weighted by Crippen LogP contribution is -2.22. The van der Waals surface area contributed by atoms with E-state index in [1.54, 1.807) is 6.92 Å². The Hall–Kier alpha value is -0.490. The first-order valence-corrected chi connectivity index (χ1v) is 6.70. The van der Waals surface area contributed by atoms with Crippen LogP contribution in [0, 0.1) is 11.6 Å². The molecule has 17 heavy (non-hydrogen) atoms. The highest BCUT2D eigenvalue weighted by Crippen LogP contribution is 2.33. The van der Waals surface area contributed by atoms with Crippen molar-refractivity contribution >= 4 is 37.8 Å². The molecule has 0 N–H and O–H groups in total. The third kappa shape index (κ3) is 3.74. The number of rotatable bonds is 4. The van der Waals surface area contributed by atoms with Crippen LogP contribution in [0.2, 0.25) is 0 Å². The zero-order valence-corrected chi connectivity index (χ0v) is 12.1. The fourth-order valence-corrected chi connectivity index (χ4v) is 2.21. The van der Waals surface area contributed by atoms with Crippen molar-refractivity contribution in [1.29, 1.82) is 0 Å². The van der Waals surface area contributed by atoms with E-state index in [1.807, 2.05) is 0 Å². The lowest BCUT2D eigenvalue weighted by molar-refractivity contribution is -0.142. The Morgan fingerprint density at radius 2 is 2.06 bits per heavy atom. The normalized spacial score (nSPS) is 14.2. The SMILES string of the molecule is CCOC(=O)C(Br)C(Br)c1cc(F)ccc1F. The summed E-state index contributed by atoms with van der Waals surface area (Å²) >= 11 is 6.25. The molecule has 6 heteroatoms. The molecule has 0 aromatic heterocycles. The molecule has 1 aromatic carbocycles. The number of hydrogen-bond acceptors (Lipinski definition) is 2. The Labute approximate surface area is 115 Å². The highest BCUT2D eigenvalue weighted by molar-refractivity contribution is 9.12. The Morgan fingerprint density at radius 3 is 2.65 bits per heavy atom. The van der Waals surface area contributed by atoms with Crippen LogP contribution in [0.15, 0.2) is 18.2 Å². The van der Waals surface area contributed by atoms with Gasteiger partial charge in [0, 0.05) is 5.56 Å². The predicted octanol–water partition coefficient (Wildman–Crippen LogP) is 3.73. The van der Waals surface area contributed by atoms with E-state index < -0.39 is 27.3 Å². The maximum atomic E-state index is 13.5. The number of ether oxygens (including phenoxy) is 1. The van der Waals surface area contributed by atoms with Crippen LogP contribution in [0.25, 0.3) is 0 Å². The van der Waals surface area contributed by atoms with Crippen LogP contribution >= 0.6 is 31.9 Å². The van der Waals surface area contributed by atoms with Gasteiger partial charge in [-0.3, -0.25) is 4.79 Å². The molecule has 0 aliphatic rings. The van der Waals surface area contributed by atoms with Crippen molar-refractivity contribution in [3.05, 3.63) is 35.4 Å². The van der Waals surface area contributed by atoms with Gasteiger partial charge in [0.2, 0.25) is 0 Å². The van der Waals surface area contributed by atoms with Gasteiger partial charge in [0.15, 0.2) is 0 Å². The topological polar surface area (TPSA) is 26.3 Å². The van der Waals surface area contributed by atoms with Crippen molar-refractivity contribution in [3.63, 3.8) is 0 Å². The molecule has 0 amide bonds. The second-order valence-corrected chi connectivity index (χ2v) is 5.19. The van der Waals surface area contributed by atoms with Crippen LogP contribution in [-0.4, -0.2) is 17.4 Å². The average Bonchev–Trinajstić information content (AvgIpc) is 2.30. The van der Waals surface area contributed by atoms with Gasteiger partial charge in [-0.2, -0.15) is 0 Å². The van der Waals surface area contributed by atoms with E-state index in [0.29, 0.717) is 0 Å². The number of benzene rings is 1. The number of halogens is 4. The van der Waals surface area contributed by atoms with E-state index in [-0.39, 0.29) is 12.2 Å². The predicted molar refractivity (Wildman–Crippen MR) is 67.4 cm³/mol. The van der Waals surface area contributed by atoms with Gasteiger partial charge in [-0.05, 0) is 25.1 Å². The van der Waals surface area contributed by atoms with Crippen LogP contribution < -0.4 is 0 Å². The standard InChI is InChI=1S/C11H10Br2F2O2/c1-2-17-11(16)10(13)9(12)7-5-6(14)3-4-8(7)15/h3-5,9-10H,2H2,1H3. The summed E-state index contributed by atoms with van der Waals surface area (Å²) in [5, 5.41) is 0. The van der Waals surface area contributed by atoms with Crippen molar-refractivity contribution in [2.45, 2.75) is 16.6 Å². The lowest BCUT2D eigenvalue weighted by Gasteiger charge is -2.16. The van der Waals surface area contributed by atoms with E-state index in [4.69, 9.17) is 4.74 Å². The molecular formula is C11H10Br2F2O2. The average molecular weight is 372 g/mol. The number of hydrogen-bond donors (Lipinski definition) is 0. The van der Waals surface area contributed by atoms with Crippen LogP contribution in [-0.2, 0) is 9.53 Å². The summed E-state index contributed by atoms with van der Waals surface area (Å²) < 4.78 is 31.2. The first-order valence-electron chi connectivity index (χ1n) is 4.87. The van der Waals surface area contributed by atoms with Crippen LogP contribution in [0.1, 0.15) is 17.3 Å². The highest BCUT2D eigenvalue weighted by atomic mass is 79.9. The number of carbonyl (C=O) groups is 1. The molecule has 0 saturated heterocycles. The quantitative estimate of drug-likeness (QED) is 0.595. The van der Waals surface area contributed by atoms with Gasteiger partial charge in [0.1, 0.15) is 16.5 Å². The van der Waals surface area contributed by atoms with Crippen molar-refractivity contribution in [2.75, 3.05) is 6.61 Å². The molecule has 2 atom stereocenters. The molecule has 94 valence electrons. The molecule has 0 bridgehead atoms. The summed E-state index contributed by atoms with van der Waals surface area (Å²) in [6, 6.07) is 3.08. The Balaban J connectivity index is 2.91. The molecule has 0 radical (unpaired) electrons. The van der Waals surface area contributed by atoms with E-state index in [0.717, 1.165) is 18.2 Å². The fourth-order valence-electron chi connectivity index (χ4n) is 1.22. The molecule has 2 unspecified atom stereocenters. The molecule has 0 saturated carbocycles. The molecular weight excluding hydrogens is 362 g/mol. The number of carbonyl (C=O) groups excluding carboxylic acids is 1. The van der Waals surface area contributed by atoms with Crippen LogP contribution in [0.3, 0.4) is 0 Å². The molecule has 1 aromatic rings. The van der Waals surface area contributed by atoms with Crippen molar-refractivity contribution in [3.8, 4) is 0 Å². The molecule has 2 nitrogen and oxygen atoms in total. The van der Waals surface area contributed by atoms with E-state index in [9.17, 15) is 13.6 Å². The molecule has 0 aliphatic carbocycles. The molecule has 1 rings (SSSR count). The van der Waals surface area contributed by atoms with Gasteiger partial charge in [0.05, 0.1) is 11.4 Å². The van der Waals surface area contributed by atoms with Crippen molar-refractivity contribution < 1.29 is 18.3 Å². The summed E-state index contributed by atoms with van der Waals surface area (Å²) in [4.78, 5) is 9.96. The maximum absolute atomic E-state index is 13.5. The van der Waals surface area contributed by atoms with Crippen LogP contribution in [0.4, 0.5) is 8.78 Å². The van der Waals surface area contributed by atoms with Gasteiger partial charge in [-0.1, -0.05) is 31.9 Å². The van der Waals surface area contributed by atoms with Crippen molar-refractivity contribution in [1.82, 2.24) is 0 Å². The second-order valence-electron chi connectivity index (χ2n) is 3.22. The fraction of sp³-hybridized carbons (Fsp3) is 0.364. The molecule has 0 aliphatic heterocycles. The van der Waals surface area contributed by atoms with Gasteiger partial charge in [0.25, 0.3) is 0 Å². The smallest absolute Gasteiger partial charge is 0.321 e. The van der Waals surface area contributed by atoms with Crippen molar-refractivity contribution in [2.24, 2.45) is 0 Å². The first kappa shape index (κ1) is 14.6. The summed E-state index contributed by atoms with van der Waals surface area (Å²) in [5.74, 6) is -1.67. The Kier molecular flexibility index (Phi) is 5.52. The summed E-state index contributed by atoms with van der Waals surface area (Å²) in [5.41, 5.74) is 0.0694. The van der Waals surface area contributed by atoms with E-state index >= 15 is 0 Å². The van der Waals surface area contributed by atoms with Gasteiger partial charge < -0.3 is 4.74 Å². The minimum Gasteiger partial charge on any atom is -0.465 e. The van der Waals surface area contributed by atoms with E-state index in [2.05, 4.69) is 31.9 Å². The molecule has 0 heterocycles. The maximum Gasteiger partial charge on any atom is 0.321 e. The third-order valence-corrected chi connectivity index (χ3v) is 4.66. The van der Waals surface area contributed by atoms with Gasteiger partial charge >= 0.3 is 5.97 Å². The Morgan fingerprint density at radius 1 is 1.41 bits per heavy atom. The molecule has 0 spiro atoms. The second kappa shape index (κ2) is 6.44. The third-order valence-electron chi connectivity index (χ3n) is 2.02. The number of alkyl halides is 2. The zero-order chi connectivity index (χ0) is 13.0. The van der Waals surface area contributed by atoms with Crippen LogP contribution in [0.5, 0.6) is 0 Å². The van der Waals surface area contributed by atoms with E-state index in [1.165, 1.54) is 0 Å². The minimum atomic E-state index is -0.779. The highest BCUT2D eigenvalue weighted by Gasteiger charge is 2.28. The summed E-state index contributed by atoms with van der Waals surface area (Å²) in [6.07, 6.45) is 0. The lowest BCUT2D eigenvalue weighted by atomic mass is 10.1. The van der Waals surface area contributed by atoms with Gasteiger partial charge in [-0.25, -0.2) is 8.78 Å². The minimum absolute atomic E-state index is 0.0694. The van der Waals surface area contributed by atoms with Gasteiger partial charge in [-0.15, -0.1) is 0 Å². The number of esters is 1. The molecule has 0 fully saturated rings. The first-order chi connectivity index (χ1) is 7.97. The summed E-state index contributed by atoms with van der Waals surface area (Å²) in [7, 11) is 0. The summed E-state index contributed by atoms with van der Waals surface area (Å²) in [6.45, 7) is 1.90. The monoisotopic (exact) mass is 370 g/mol. The Bertz CT molecular complexity index is 412. The zero-order valence-electron chi connectivity index (χ0n) is 8.92. The largest absolute Gasteiger partial charge is 0.465 e.